The number of amides is 1. The Morgan fingerprint density at radius 2 is 2.05 bits per heavy atom. The number of nitrogens with zero attached hydrogens (tertiary/aromatic N) is 1. The van der Waals surface area contributed by atoms with Crippen LogP contribution >= 0.6 is 0 Å². The lowest BCUT2D eigenvalue weighted by molar-refractivity contribution is -0.130. The smallest absolute Gasteiger partial charge is 0.241 e. The van der Waals surface area contributed by atoms with Crippen LogP contribution in [-0.2, 0) is 11.2 Å². The molecule has 1 saturated carbocycles. The predicted octanol–water partition coefficient (Wildman–Crippen LogP) is 2.96. The maximum atomic E-state index is 12.6. The highest BCUT2D eigenvalue weighted by atomic mass is 16.2. The summed E-state index contributed by atoms with van der Waals surface area (Å²) in [6.45, 7) is 5.36. The van der Waals surface area contributed by atoms with E-state index in [0.717, 1.165) is 32.4 Å². The molecule has 1 aliphatic carbocycles. The van der Waals surface area contributed by atoms with E-state index in [1.807, 2.05) is 6.07 Å². The lowest BCUT2D eigenvalue weighted by Crippen LogP contribution is -2.37. The molecule has 1 aliphatic heterocycles. The van der Waals surface area contributed by atoms with Gasteiger partial charge in [-0.05, 0) is 43.1 Å². The fourth-order valence-electron chi connectivity index (χ4n) is 3.73. The molecule has 2 atom stereocenters. The summed E-state index contributed by atoms with van der Waals surface area (Å²) in [5.74, 6) is 0.314. The SMILES string of the molecule is CC1(C)CCC(N2CNC(CCc3ccccc3)C2=O)C1. The standard InChI is InChI=1S/C18H26N2O/c1-18(2)11-10-15(12-18)20-13-19-16(17(20)21)9-8-14-6-4-3-5-7-14/h3-7,15-16,19H,8-13H2,1-2H3. The Morgan fingerprint density at radius 3 is 2.71 bits per heavy atom. The van der Waals surface area contributed by atoms with Gasteiger partial charge >= 0.3 is 0 Å². The van der Waals surface area contributed by atoms with Crippen LogP contribution in [0.1, 0.15) is 45.1 Å². The summed E-state index contributed by atoms with van der Waals surface area (Å²) < 4.78 is 0. The highest BCUT2D eigenvalue weighted by molar-refractivity contribution is 5.84. The maximum absolute atomic E-state index is 12.6. The molecule has 0 bridgehead atoms. The molecule has 1 N–H and O–H groups in total. The van der Waals surface area contributed by atoms with Gasteiger partial charge in [0.25, 0.3) is 0 Å². The van der Waals surface area contributed by atoms with E-state index in [2.05, 4.69) is 48.3 Å². The Bertz CT molecular complexity index is 497. The fraction of sp³-hybridized carbons (Fsp3) is 0.611. The molecule has 1 amide bonds. The van der Waals surface area contributed by atoms with Crippen molar-refractivity contribution in [1.82, 2.24) is 10.2 Å². The van der Waals surface area contributed by atoms with E-state index in [1.54, 1.807) is 0 Å². The Morgan fingerprint density at radius 1 is 1.29 bits per heavy atom. The largest absolute Gasteiger partial charge is 0.326 e. The Hall–Kier alpha value is -1.35. The van der Waals surface area contributed by atoms with Crippen LogP contribution in [0.2, 0.25) is 0 Å². The lowest BCUT2D eigenvalue weighted by atomic mass is 9.91. The van der Waals surface area contributed by atoms with E-state index >= 15 is 0 Å². The monoisotopic (exact) mass is 286 g/mol. The van der Waals surface area contributed by atoms with Crippen LogP contribution in [0.15, 0.2) is 30.3 Å². The molecule has 2 unspecified atom stereocenters. The Kier molecular flexibility index (Phi) is 4.03. The molecule has 0 spiro atoms. The van der Waals surface area contributed by atoms with Crippen molar-refractivity contribution in [3.8, 4) is 0 Å². The van der Waals surface area contributed by atoms with Crippen LogP contribution in [0.5, 0.6) is 0 Å². The third-order valence-corrected chi connectivity index (χ3v) is 5.04. The predicted molar refractivity (Wildman–Crippen MR) is 84.8 cm³/mol. The second-order valence-corrected chi connectivity index (χ2v) is 7.31. The molecule has 0 radical (unpaired) electrons. The maximum Gasteiger partial charge on any atom is 0.241 e. The minimum Gasteiger partial charge on any atom is -0.326 e. The van der Waals surface area contributed by atoms with Crippen molar-refractivity contribution in [3.63, 3.8) is 0 Å². The van der Waals surface area contributed by atoms with E-state index in [1.165, 1.54) is 12.0 Å². The fourth-order valence-corrected chi connectivity index (χ4v) is 3.73. The summed E-state index contributed by atoms with van der Waals surface area (Å²) in [7, 11) is 0. The van der Waals surface area contributed by atoms with E-state index in [9.17, 15) is 4.79 Å². The van der Waals surface area contributed by atoms with E-state index in [-0.39, 0.29) is 6.04 Å². The third-order valence-electron chi connectivity index (χ3n) is 5.04. The molecule has 2 aliphatic rings. The van der Waals surface area contributed by atoms with Crippen molar-refractivity contribution in [1.29, 1.82) is 0 Å². The van der Waals surface area contributed by atoms with Gasteiger partial charge in [0.05, 0.1) is 12.7 Å². The summed E-state index contributed by atoms with van der Waals surface area (Å²) in [6, 6.07) is 10.9. The molecule has 114 valence electrons. The zero-order valence-corrected chi connectivity index (χ0v) is 13.1. The van der Waals surface area contributed by atoms with Crippen molar-refractivity contribution < 1.29 is 4.79 Å². The summed E-state index contributed by atoms with van der Waals surface area (Å²) in [5.41, 5.74) is 1.71. The number of rotatable bonds is 4. The number of benzene rings is 1. The van der Waals surface area contributed by atoms with Crippen molar-refractivity contribution in [2.75, 3.05) is 6.67 Å². The molecule has 3 heteroatoms. The second kappa shape index (κ2) is 5.80. The van der Waals surface area contributed by atoms with E-state index in [0.29, 0.717) is 17.4 Å². The van der Waals surface area contributed by atoms with Gasteiger partial charge in [-0.25, -0.2) is 0 Å². The number of hydrogen-bond acceptors (Lipinski definition) is 2. The van der Waals surface area contributed by atoms with Crippen molar-refractivity contribution in [2.24, 2.45) is 5.41 Å². The number of hydrogen-bond donors (Lipinski definition) is 1. The molecule has 2 fully saturated rings. The molecule has 21 heavy (non-hydrogen) atoms. The first-order valence-electron chi connectivity index (χ1n) is 8.13. The average molecular weight is 286 g/mol. The zero-order chi connectivity index (χ0) is 14.9. The Labute approximate surface area is 127 Å². The van der Waals surface area contributed by atoms with E-state index < -0.39 is 0 Å². The first-order valence-corrected chi connectivity index (χ1v) is 8.13. The quantitative estimate of drug-likeness (QED) is 0.923. The van der Waals surface area contributed by atoms with Crippen LogP contribution < -0.4 is 5.32 Å². The molecule has 0 aromatic heterocycles. The minimum atomic E-state index is 0.00826. The number of nitrogens with one attached hydrogen (secondary N) is 1. The number of carbonyl (C=O) groups excluding carboxylic acids is 1. The van der Waals surface area contributed by atoms with Crippen LogP contribution in [0, 0.1) is 5.41 Å². The average Bonchev–Trinajstić information content (AvgIpc) is 3.00. The van der Waals surface area contributed by atoms with Gasteiger partial charge in [-0.2, -0.15) is 0 Å². The summed E-state index contributed by atoms with van der Waals surface area (Å²) >= 11 is 0. The molecule has 3 nitrogen and oxygen atoms in total. The van der Waals surface area contributed by atoms with Gasteiger partial charge in [-0.3, -0.25) is 10.1 Å². The van der Waals surface area contributed by atoms with Crippen molar-refractivity contribution in [3.05, 3.63) is 35.9 Å². The molecular formula is C18H26N2O. The van der Waals surface area contributed by atoms with Gasteiger partial charge in [-0.1, -0.05) is 44.2 Å². The van der Waals surface area contributed by atoms with Gasteiger partial charge < -0.3 is 4.90 Å². The van der Waals surface area contributed by atoms with Gasteiger partial charge in [-0.15, -0.1) is 0 Å². The minimum absolute atomic E-state index is 0.00826. The molecule has 1 heterocycles. The third kappa shape index (κ3) is 3.29. The van der Waals surface area contributed by atoms with Crippen LogP contribution in [0.25, 0.3) is 0 Å². The highest BCUT2D eigenvalue weighted by Gasteiger charge is 2.40. The summed E-state index contributed by atoms with van der Waals surface area (Å²) in [6.07, 6.45) is 5.40. The van der Waals surface area contributed by atoms with Crippen LogP contribution in [0.3, 0.4) is 0 Å². The van der Waals surface area contributed by atoms with Gasteiger partial charge in [0.15, 0.2) is 0 Å². The first kappa shape index (κ1) is 14.6. The van der Waals surface area contributed by atoms with Crippen LogP contribution in [0.4, 0.5) is 0 Å². The van der Waals surface area contributed by atoms with Crippen LogP contribution in [-0.4, -0.2) is 29.6 Å². The summed E-state index contributed by atoms with van der Waals surface area (Å²) in [4.78, 5) is 14.7. The Balaban J connectivity index is 1.54. The zero-order valence-electron chi connectivity index (χ0n) is 13.1. The van der Waals surface area contributed by atoms with Crippen molar-refractivity contribution in [2.45, 2.75) is 58.0 Å². The topological polar surface area (TPSA) is 32.3 Å². The second-order valence-electron chi connectivity index (χ2n) is 7.31. The molecule has 1 saturated heterocycles. The molecular weight excluding hydrogens is 260 g/mol. The lowest BCUT2D eigenvalue weighted by Gasteiger charge is -2.25. The molecule has 3 rings (SSSR count). The van der Waals surface area contributed by atoms with E-state index in [4.69, 9.17) is 0 Å². The van der Waals surface area contributed by atoms with Gasteiger partial charge in [0, 0.05) is 6.04 Å². The number of aryl methyl sites for hydroxylation is 1. The van der Waals surface area contributed by atoms with Gasteiger partial charge in [0.2, 0.25) is 5.91 Å². The van der Waals surface area contributed by atoms with Crippen molar-refractivity contribution >= 4 is 5.91 Å². The highest BCUT2D eigenvalue weighted by Crippen LogP contribution is 2.40. The first-order chi connectivity index (χ1) is 10.1. The molecule has 1 aromatic carbocycles. The van der Waals surface area contributed by atoms with Gasteiger partial charge in [0.1, 0.15) is 0 Å². The summed E-state index contributed by atoms with van der Waals surface area (Å²) in [5, 5.41) is 3.41. The number of carbonyl (C=O) groups is 1. The molecule has 1 aromatic rings. The normalized spacial score (nSPS) is 28.3.